The van der Waals surface area contributed by atoms with Gasteiger partial charge in [-0.3, -0.25) is 9.59 Å². The molecule has 0 aliphatic heterocycles. The normalized spacial score (nSPS) is 14.8. The summed E-state index contributed by atoms with van der Waals surface area (Å²) in [4.78, 5) is 25.0. The summed E-state index contributed by atoms with van der Waals surface area (Å²) in [5.41, 5.74) is 1.52. The predicted molar refractivity (Wildman–Crippen MR) is 90.4 cm³/mol. The SMILES string of the molecule is CCOC=C(C(=O)c1ccc(Cl)c(CSC)c1)C(=O)C1CC1. The fraction of sp³-hybridized carbons (Fsp3) is 0.412. The third-order valence-electron chi connectivity index (χ3n) is 3.43. The van der Waals surface area contributed by atoms with Crippen molar-refractivity contribution in [1.82, 2.24) is 0 Å². The number of carbonyl (C=O) groups is 2. The molecule has 22 heavy (non-hydrogen) atoms. The zero-order chi connectivity index (χ0) is 16.1. The molecule has 1 aromatic carbocycles. The van der Waals surface area contributed by atoms with Crippen LogP contribution in [0.4, 0.5) is 0 Å². The van der Waals surface area contributed by atoms with Crippen LogP contribution in [0, 0.1) is 5.92 Å². The van der Waals surface area contributed by atoms with Gasteiger partial charge in [0.05, 0.1) is 12.9 Å². The van der Waals surface area contributed by atoms with Crippen LogP contribution in [0.5, 0.6) is 0 Å². The first-order chi connectivity index (χ1) is 10.6. The molecule has 0 heterocycles. The molecule has 1 aliphatic rings. The molecule has 118 valence electrons. The number of ketones is 2. The monoisotopic (exact) mass is 338 g/mol. The molecule has 1 aromatic rings. The molecule has 0 radical (unpaired) electrons. The zero-order valence-electron chi connectivity index (χ0n) is 12.7. The van der Waals surface area contributed by atoms with Crippen LogP contribution in [0.15, 0.2) is 30.0 Å². The standard InChI is InChI=1S/C17H19ClO3S/c1-3-21-9-14(16(19)11-4-5-11)17(20)12-6-7-15(18)13(8-12)10-22-2/h6-9,11H,3-5,10H2,1-2H3. The van der Waals surface area contributed by atoms with E-state index in [2.05, 4.69) is 0 Å². The van der Waals surface area contributed by atoms with Crippen molar-refractivity contribution in [2.75, 3.05) is 12.9 Å². The topological polar surface area (TPSA) is 43.4 Å². The summed E-state index contributed by atoms with van der Waals surface area (Å²) in [6.45, 7) is 2.24. The summed E-state index contributed by atoms with van der Waals surface area (Å²) in [5.74, 6) is 0.305. The molecule has 0 N–H and O–H groups in total. The third-order valence-corrected chi connectivity index (χ3v) is 4.40. The van der Waals surface area contributed by atoms with E-state index in [0.717, 1.165) is 24.2 Å². The molecule has 0 atom stereocenters. The molecular formula is C17H19ClO3S. The van der Waals surface area contributed by atoms with Crippen LogP contribution < -0.4 is 0 Å². The number of carbonyl (C=O) groups excluding carboxylic acids is 2. The van der Waals surface area contributed by atoms with E-state index in [1.165, 1.54) is 6.26 Å². The number of halogens is 1. The number of hydrogen-bond donors (Lipinski definition) is 0. The van der Waals surface area contributed by atoms with Gasteiger partial charge in [-0.25, -0.2) is 0 Å². The number of rotatable bonds is 8. The van der Waals surface area contributed by atoms with Crippen LogP contribution >= 0.6 is 23.4 Å². The highest BCUT2D eigenvalue weighted by Crippen LogP contribution is 2.33. The van der Waals surface area contributed by atoms with E-state index >= 15 is 0 Å². The summed E-state index contributed by atoms with van der Waals surface area (Å²) in [5, 5.41) is 0.634. The lowest BCUT2D eigenvalue weighted by atomic mass is 9.97. The van der Waals surface area contributed by atoms with Crippen molar-refractivity contribution in [2.24, 2.45) is 5.92 Å². The Morgan fingerprint density at radius 3 is 2.73 bits per heavy atom. The van der Waals surface area contributed by atoms with Gasteiger partial charge in [-0.15, -0.1) is 0 Å². The molecule has 0 unspecified atom stereocenters. The van der Waals surface area contributed by atoms with Crippen LogP contribution in [-0.4, -0.2) is 24.4 Å². The van der Waals surface area contributed by atoms with E-state index in [-0.39, 0.29) is 23.1 Å². The van der Waals surface area contributed by atoms with E-state index in [0.29, 0.717) is 17.2 Å². The first-order valence-corrected chi connectivity index (χ1v) is 9.03. The molecule has 0 saturated heterocycles. The van der Waals surface area contributed by atoms with Gasteiger partial charge < -0.3 is 4.74 Å². The average molecular weight is 339 g/mol. The fourth-order valence-corrected chi connectivity index (χ4v) is 2.91. The molecule has 3 nitrogen and oxygen atoms in total. The Hall–Kier alpha value is -1.26. The molecule has 0 amide bonds. The van der Waals surface area contributed by atoms with E-state index in [4.69, 9.17) is 16.3 Å². The molecule has 0 aromatic heterocycles. The molecule has 1 aliphatic carbocycles. The van der Waals surface area contributed by atoms with Gasteiger partial charge in [0, 0.05) is 22.3 Å². The highest BCUT2D eigenvalue weighted by Gasteiger charge is 2.35. The maximum absolute atomic E-state index is 12.7. The molecule has 0 bridgehead atoms. The first kappa shape index (κ1) is 17.1. The Morgan fingerprint density at radius 2 is 2.14 bits per heavy atom. The lowest BCUT2D eigenvalue weighted by molar-refractivity contribution is -0.116. The minimum absolute atomic E-state index is 0.0198. The second-order valence-corrected chi connectivity index (χ2v) is 6.47. The Labute approximate surface area is 140 Å². The molecule has 1 fully saturated rings. The number of hydrogen-bond acceptors (Lipinski definition) is 4. The summed E-state index contributed by atoms with van der Waals surface area (Å²) in [6.07, 6.45) is 5.00. The van der Waals surface area contributed by atoms with Gasteiger partial charge in [-0.1, -0.05) is 11.6 Å². The molecule has 1 saturated carbocycles. The highest BCUT2D eigenvalue weighted by molar-refractivity contribution is 7.97. The molecule has 5 heteroatoms. The van der Waals surface area contributed by atoms with Gasteiger partial charge in [0.15, 0.2) is 11.6 Å². The van der Waals surface area contributed by atoms with Gasteiger partial charge in [0.25, 0.3) is 0 Å². The van der Waals surface area contributed by atoms with E-state index in [9.17, 15) is 9.59 Å². The van der Waals surface area contributed by atoms with Crippen LogP contribution in [0.2, 0.25) is 5.02 Å². The smallest absolute Gasteiger partial charge is 0.199 e. The third kappa shape index (κ3) is 4.14. The molecule has 2 rings (SSSR count). The Balaban J connectivity index is 2.29. The van der Waals surface area contributed by atoms with E-state index in [1.807, 2.05) is 13.2 Å². The Bertz CT molecular complexity index is 606. The van der Waals surface area contributed by atoms with Gasteiger partial charge >= 0.3 is 0 Å². The highest BCUT2D eigenvalue weighted by atomic mass is 35.5. The van der Waals surface area contributed by atoms with Crippen LogP contribution in [-0.2, 0) is 15.3 Å². The largest absolute Gasteiger partial charge is 0.501 e. The fourth-order valence-electron chi connectivity index (χ4n) is 2.09. The average Bonchev–Trinajstić information content (AvgIpc) is 3.34. The van der Waals surface area contributed by atoms with Gasteiger partial charge in [-0.05, 0) is 49.8 Å². The first-order valence-electron chi connectivity index (χ1n) is 7.26. The van der Waals surface area contributed by atoms with Crippen molar-refractivity contribution in [1.29, 1.82) is 0 Å². The maximum atomic E-state index is 12.7. The summed E-state index contributed by atoms with van der Waals surface area (Å²) < 4.78 is 5.20. The summed E-state index contributed by atoms with van der Waals surface area (Å²) >= 11 is 7.77. The van der Waals surface area contributed by atoms with Crippen molar-refractivity contribution in [3.63, 3.8) is 0 Å². The maximum Gasteiger partial charge on any atom is 0.199 e. The summed E-state index contributed by atoms with van der Waals surface area (Å²) in [6, 6.07) is 5.13. The minimum atomic E-state index is -0.288. The number of allylic oxidation sites excluding steroid dienone is 1. The van der Waals surface area contributed by atoms with E-state index < -0.39 is 0 Å². The van der Waals surface area contributed by atoms with Crippen LogP contribution in [0.1, 0.15) is 35.7 Å². The second kappa shape index (κ2) is 7.84. The Morgan fingerprint density at radius 1 is 1.41 bits per heavy atom. The number of ether oxygens (including phenoxy) is 1. The van der Waals surface area contributed by atoms with Crippen molar-refractivity contribution in [2.45, 2.75) is 25.5 Å². The number of benzene rings is 1. The van der Waals surface area contributed by atoms with Gasteiger partial charge in [0.2, 0.25) is 0 Å². The molecular weight excluding hydrogens is 320 g/mol. The van der Waals surface area contributed by atoms with Crippen molar-refractivity contribution in [3.8, 4) is 0 Å². The number of Topliss-reactive ketones (excluding diaryl/α,β-unsaturated/α-hetero) is 2. The van der Waals surface area contributed by atoms with Gasteiger partial charge in [0.1, 0.15) is 5.57 Å². The molecule has 0 spiro atoms. The van der Waals surface area contributed by atoms with Crippen LogP contribution in [0.3, 0.4) is 0 Å². The lowest BCUT2D eigenvalue weighted by Crippen LogP contribution is -2.16. The van der Waals surface area contributed by atoms with Crippen molar-refractivity contribution >= 4 is 34.9 Å². The lowest BCUT2D eigenvalue weighted by Gasteiger charge is -2.09. The minimum Gasteiger partial charge on any atom is -0.501 e. The van der Waals surface area contributed by atoms with Crippen molar-refractivity contribution < 1.29 is 14.3 Å². The van der Waals surface area contributed by atoms with Crippen LogP contribution in [0.25, 0.3) is 0 Å². The summed E-state index contributed by atoms with van der Waals surface area (Å²) in [7, 11) is 0. The predicted octanol–water partition coefficient (Wildman–Crippen LogP) is 4.29. The number of thioether (sulfide) groups is 1. The van der Waals surface area contributed by atoms with Crippen molar-refractivity contribution in [3.05, 3.63) is 46.2 Å². The second-order valence-electron chi connectivity index (χ2n) is 5.19. The quantitative estimate of drug-likeness (QED) is 0.233. The van der Waals surface area contributed by atoms with E-state index in [1.54, 1.807) is 30.0 Å². The Kier molecular flexibility index (Phi) is 6.09. The van der Waals surface area contributed by atoms with Gasteiger partial charge in [-0.2, -0.15) is 11.8 Å². The zero-order valence-corrected chi connectivity index (χ0v) is 14.3.